The number of anilines is 1. The van der Waals surface area contributed by atoms with E-state index in [1.54, 1.807) is 19.1 Å². The van der Waals surface area contributed by atoms with Gasteiger partial charge in [0.15, 0.2) is 0 Å². The Bertz CT molecular complexity index is 337. The van der Waals surface area contributed by atoms with Crippen molar-refractivity contribution in [1.29, 1.82) is 0 Å². The summed E-state index contributed by atoms with van der Waals surface area (Å²) in [5.74, 6) is 0.441. The van der Waals surface area contributed by atoms with Crippen molar-refractivity contribution < 1.29 is 9.53 Å². The van der Waals surface area contributed by atoms with Gasteiger partial charge < -0.3 is 15.8 Å². The Morgan fingerprint density at radius 2 is 2.20 bits per heavy atom. The number of benzene rings is 1. The summed E-state index contributed by atoms with van der Waals surface area (Å²) in [6.45, 7) is 4.09. The molecular weight excluding hydrogens is 192 g/mol. The molecule has 0 aliphatic carbocycles. The largest absolute Gasteiger partial charge is 0.492 e. The van der Waals surface area contributed by atoms with Gasteiger partial charge in [0.1, 0.15) is 5.75 Å². The van der Waals surface area contributed by atoms with Crippen LogP contribution in [0.2, 0.25) is 0 Å². The Labute approximate surface area is 89.4 Å². The quantitative estimate of drug-likeness (QED) is 0.785. The standard InChI is InChI=1S/C11H16N2O2/c1-3-15-10-7-5-4-6-9(10)13-11(14)8(2)12/h4-8H,3,12H2,1-2H3,(H,13,14)/t8-/m1/s1. The second-order valence-electron chi connectivity index (χ2n) is 3.21. The van der Waals surface area contributed by atoms with Gasteiger partial charge in [-0.2, -0.15) is 0 Å². The van der Waals surface area contributed by atoms with E-state index in [0.29, 0.717) is 18.0 Å². The summed E-state index contributed by atoms with van der Waals surface area (Å²) >= 11 is 0. The molecule has 1 aromatic rings. The second kappa shape index (κ2) is 5.36. The van der Waals surface area contributed by atoms with Gasteiger partial charge in [-0.3, -0.25) is 4.79 Å². The van der Waals surface area contributed by atoms with Crippen LogP contribution in [0.15, 0.2) is 24.3 Å². The van der Waals surface area contributed by atoms with Crippen LogP contribution in [0.1, 0.15) is 13.8 Å². The van der Waals surface area contributed by atoms with E-state index >= 15 is 0 Å². The first-order valence-electron chi connectivity index (χ1n) is 4.93. The fourth-order valence-electron chi connectivity index (χ4n) is 1.10. The zero-order valence-electron chi connectivity index (χ0n) is 8.99. The molecule has 0 heterocycles. The number of hydrogen-bond donors (Lipinski definition) is 2. The van der Waals surface area contributed by atoms with Crippen LogP contribution in [0.3, 0.4) is 0 Å². The van der Waals surface area contributed by atoms with Crippen LogP contribution in [0.4, 0.5) is 5.69 Å². The number of carbonyl (C=O) groups excluding carboxylic acids is 1. The minimum Gasteiger partial charge on any atom is -0.492 e. The summed E-state index contributed by atoms with van der Waals surface area (Å²) in [5, 5.41) is 2.71. The van der Waals surface area contributed by atoms with Crippen LogP contribution in [-0.2, 0) is 4.79 Å². The number of hydrogen-bond acceptors (Lipinski definition) is 3. The summed E-state index contributed by atoms with van der Waals surface area (Å²) < 4.78 is 5.36. The summed E-state index contributed by atoms with van der Waals surface area (Å²) in [4.78, 5) is 11.4. The van der Waals surface area contributed by atoms with Crippen molar-refractivity contribution in [3.05, 3.63) is 24.3 Å². The Balaban J connectivity index is 2.79. The number of carbonyl (C=O) groups is 1. The Hall–Kier alpha value is -1.55. The van der Waals surface area contributed by atoms with Crippen molar-refractivity contribution in [3.63, 3.8) is 0 Å². The second-order valence-corrected chi connectivity index (χ2v) is 3.21. The van der Waals surface area contributed by atoms with E-state index in [2.05, 4.69) is 5.32 Å². The molecule has 4 heteroatoms. The molecule has 0 saturated heterocycles. The highest BCUT2D eigenvalue weighted by atomic mass is 16.5. The number of rotatable bonds is 4. The molecule has 1 rings (SSSR count). The van der Waals surface area contributed by atoms with Gasteiger partial charge in [0.05, 0.1) is 18.3 Å². The monoisotopic (exact) mass is 208 g/mol. The van der Waals surface area contributed by atoms with E-state index in [0.717, 1.165) is 0 Å². The van der Waals surface area contributed by atoms with Crippen molar-refractivity contribution in [3.8, 4) is 5.75 Å². The Morgan fingerprint density at radius 3 is 2.80 bits per heavy atom. The summed E-state index contributed by atoms with van der Waals surface area (Å²) in [7, 11) is 0. The van der Waals surface area contributed by atoms with Crippen LogP contribution in [0.25, 0.3) is 0 Å². The first-order chi connectivity index (χ1) is 7.15. The fraction of sp³-hybridized carbons (Fsp3) is 0.364. The number of para-hydroxylation sites is 2. The fourth-order valence-corrected chi connectivity index (χ4v) is 1.10. The third-order valence-electron chi connectivity index (χ3n) is 1.86. The minimum atomic E-state index is -0.528. The third-order valence-corrected chi connectivity index (χ3v) is 1.86. The lowest BCUT2D eigenvalue weighted by atomic mass is 10.2. The minimum absolute atomic E-state index is 0.220. The van der Waals surface area contributed by atoms with E-state index in [1.807, 2.05) is 19.1 Å². The number of nitrogens with two attached hydrogens (primary N) is 1. The molecule has 0 fully saturated rings. The van der Waals surface area contributed by atoms with Crippen LogP contribution in [-0.4, -0.2) is 18.6 Å². The van der Waals surface area contributed by atoms with Gasteiger partial charge in [-0.15, -0.1) is 0 Å². The summed E-state index contributed by atoms with van der Waals surface area (Å²) in [6, 6.07) is 6.75. The molecule has 1 aromatic carbocycles. The van der Waals surface area contributed by atoms with Gasteiger partial charge in [-0.1, -0.05) is 12.1 Å². The SMILES string of the molecule is CCOc1ccccc1NC(=O)[C@@H](C)N. The maximum absolute atomic E-state index is 11.4. The van der Waals surface area contributed by atoms with Crippen LogP contribution < -0.4 is 15.8 Å². The molecule has 0 spiro atoms. The first kappa shape index (κ1) is 11.5. The predicted molar refractivity (Wildman–Crippen MR) is 59.9 cm³/mol. The number of nitrogens with one attached hydrogen (secondary N) is 1. The molecule has 0 aliphatic rings. The van der Waals surface area contributed by atoms with E-state index < -0.39 is 6.04 Å². The molecule has 0 aliphatic heterocycles. The molecule has 1 amide bonds. The average Bonchev–Trinajstić information content (AvgIpc) is 2.21. The molecule has 82 valence electrons. The predicted octanol–water partition coefficient (Wildman–Crippen LogP) is 1.37. The molecule has 3 N–H and O–H groups in total. The maximum Gasteiger partial charge on any atom is 0.241 e. The van der Waals surface area contributed by atoms with Gasteiger partial charge in [-0.25, -0.2) is 0 Å². The van der Waals surface area contributed by atoms with Crippen molar-refractivity contribution in [2.45, 2.75) is 19.9 Å². The Kier molecular flexibility index (Phi) is 4.12. The van der Waals surface area contributed by atoms with E-state index in [9.17, 15) is 4.79 Å². The van der Waals surface area contributed by atoms with Gasteiger partial charge in [0.25, 0.3) is 0 Å². The number of amides is 1. The highest BCUT2D eigenvalue weighted by molar-refractivity contribution is 5.95. The highest BCUT2D eigenvalue weighted by Crippen LogP contribution is 2.23. The average molecular weight is 208 g/mol. The normalized spacial score (nSPS) is 11.9. The lowest BCUT2D eigenvalue weighted by molar-refractivity contribution is -0.117. The van der Waals surface area contributed by atoms with Gasteiger partial charge in [0, 0.05) is 0 Å². The van der Waals surface area contributed by atoms with Crippen LogP contribution >= 0.6 is 0 Å². The van der Waals surface area contributed by atoms with Crippen molar-refractivity contribution in [2.24, 2.45) is 5.73 Å². The molecule has 0 radical (unpaired) electrons. The maximum atomic E-state index is 11.4. The lowest BCUT2D eigenvalue weighted by Gasteiger charge is -2.12. The molecule has 0 bridgehead atoms. The lowest BCUT2D eigenvalue weighted by Crippen LogP contribution is -2.32. The number of ether oxygens (including phenoxy) is 1. The van der Waals surface area contributed by atoms with Crippen LogP contribution in [0.5, 0.6) is 5.75 Å². The third kappa shape index (κ3) is 3.25. The molecular formula is C11H16N2O2. The Morgan fingerprint density at radius 1 is 1.53 bits per heavy atom. The zero-order chi connectivity index (χ0) is 11.3. The van der Waals surface area contributed by atoms with Crippen LogP contribution in [0, 0.1) is 0 Å². The van der Waals surface area contributed by atoms with E-state index in [-0.39, 0.29) is 5.91 Å². The van der Waals surface area contributed by atoms with Gasteiger partial charge in [0.2, 0.25) is 5.91 Å². The topological polar surface area (TPSA) is 64.3 Å². The smallest absolute Gasteiger partial charge is 0.241 e. The van der Waals surface area contributed by atoms with E-state index in [1.165, 1.54) is 0 Å². The summed E-state index contributed by atoms with van der Waals surface area (Å²) in [5.41, 5.74) is 6.11. The summed E-state index contributed by atoms with van der Waals surface area (Å²) in [6.07, 6.45) is 0. The van der Waals surface area contributed by atoms with E-state index in [4.69, 9.17) is 10.5 Å². The van der Waals surface area contributed by atoms with Gasteiger partial charge >= 0.3 is 0 Å². The van der Waals surface area contributed by atoms with Crippen molar-refractivity contribution in [2.75, 3.05) is 11.9 Å². The molecule has 0 saturated carbocycles. The zero-order valence-corrected chi connectivity index (χ0v) is 8.99. The molecule has 15 heavy (non-hydrogen) atoms. The molecule has 0 aromatic heterocycles. The highest BCUT2D eigenvalue weighted by Gasteiger charge is 2.10. The molecule has 4 nitrogen and oxygen atoms in total. The van der Waals surface area contributed by atoms with Crippen molar-refractivity contribution >= 4 is 11.6 Å². The first-order valence-corrected chi connectivity index (χ1v) is 4.93. The molecule has 1 atom stereocenters. The van der Waals surface area contributed by atoms with Crippen molar-refractivity contribution in [1.82, 2.24) is 0 Å². The molecule has 0 unspecified atom stereocenters. The van der Waals surface area contributed by atoms with Gasteiger partial charge in [-0.05, 0) is 26.0 Å².